The van der Waals surface area contributed by atoms with Gasteiger partial charge < -0.3 is 20.1 Å². The molecule has 0 spiro atoms. The molecule has 0 aliphatic rings. The molecule has 67 heavy (non-hydrogen) atoms. The van der Waals surface area contributed by atoms with Crippen molar-refractivity contribution in [2.45, 2.75) is 264 Å². The van der Waals surface area contributed by atoms with Crippen LogP contribution in [0.3, 0.4) is 0 Å². The summed E-state index contributed by atoms with van der Waals surface area (Å²) in [5.74, 6) is -0.821. The van der Waals surface area contributed by atoms with E-state index in [0.717, 1.165) is 64.2 Å². The minimum Gasteiger partial charge on any atom is -0.462 e. The summed E-state index contributed by atoms with van der Waals surface area (Å²) in [6.07, 6.45) is 66.0. The van der Waals surface area contributed by atoms with Gasteiger partial charge in [0.15, 0.2) is 6.10 Å². The minimum atomic E-state index is -4.37. The second-order valence-electron chi connectivity index (χ2n) is 18.4. The summed E-state index contributed by atoms with van der Waals surface area (Å²) in [6, 6.07) is 0. The quantitative estimate of drug-likeness (QED) is 0.0264. The molecule has 0 aliphatic heterocycles. The number of phosphoric acid groups is 1. The zero-order valence-electron chi connectivity index (χ0n) is 43.4. The zero-order valence-corrected chi connectivity index (χ0v) is 44.3. The molecule has 0 aromatic carbocycles. The lowest BCUT2D eigenvalue weighted by atomic mass is 10.0. The maximum Gasteiger partial charge on any atom is 0.472 e. The van der Waals surface area contributed by atoms with E-state index in [0.29, 0.717) is 6.42 Å². The van der Waals surface area contributed by atoms with Crippen LogP contribution in [0.25, 0.3) is 0 Å². The Morgan fingerprint density at radius 2 is 0.821 bits per heavy atom. The number of esters is 2. The van der Waals surface area contributed by atoms with Gasteiger partial charge in [0.1, 0.15) is 6.61 Å². The molecule has 10 heteroatoms. The van der Waals surface area contributed by atoms with E-state index in [-0.39, 0.29) is 38.6 Å². The van der Waals surface area contributed by atoms with Gasteiger partial charge in [-0.05, 0) is 57.8 Å². The molecule has 3 N–H and O–H groups in total. The molecular formula is C57H104NO8P. The molecule has 0 saturated carbocycles. The van der Waals surface area contributed by atoms with Gasteiger partial charge in [0.05, 0.1) is 13.2 Å². The lowest BCUT2D eigenvalue weighted by Gasteiger charge is -2.19. The molecule has 0 rings (SSSR count). The molecule has 0 bridgehead atoms. The van der Waals surface area contributed by atoms with Gasteiger partial charge >= 0.3 is 19.8 Å². The molecule has 0 heterocycles. The Hall–Kier alpha value is -2.29. The molecule has 0 radical (unpaired) electrons. The van der Waals surface area contributed by atoms with Crippen molar-refractivity contribution in [3.05, 3.63) is 60.8 Å². The van der Waals surface area contributed by atoms with Crippen molar-refractivity contribution in [3.63, 3.8) is 0 Å². The second-order valence-corrected chi connectivity index (χ2v) is 19.9. The van der Waals surface area contributed by atoms with Crippen LogP contribution in [0.15, 0.2) is 60.8 Å². The summed E-state index contributed by atoms with van der Waals surface area (Å²) >= 11 is 0. The van der Waals surface area contributed by atoms with Crippen LogP contribution in [0, 0.1) is 0 Å². The van der Waals surface area contributed by atoms with Crippen LogP contribution in [-0.4, -0.2) is 49.3 Å². The summed E-state index contributed by atoms with van der Waals surface area (Å²) in [5, 5.41) is 0. The minimum absolute atomic E-state index is 0.0548. The molecule has 9 nitrogen and oxygen atoms in total. The van der Waals surface area contributed by atoms with Crippen molar-refractivity contribution in [1.29, 1.82) is 0 Å². The monoisotopic (exact) mass is 962 g/mol. The van der Waals surface area contributed by atoms with Crippen LogP contribution in [-0.2, 0) is 32.7 Å². The van der Waals surface area contributed by atoms with E-state index < -0.39 is 26.5 Å². The highest BCUT2D eigenvalue weighted by Gasteiger charge is 2.26. The SMILES string of the molecule is CC/C=C\C/C=C\C/C=C\C/C=C\C/C=C\CCCCCCCCCCCCCCCCCCCCCCCC(=O)OC(COC(=O)CCCCCCCCCCC)COP(=O)(O)OCCN. The van der Waals surface area contributed by atoms with Crippen LogP contribution >= 0.6 is 7.82 Å². The van der Waals surface area contributed by atoms with Crippen LogP contribution in [0.1, 0.15) is 258 Å². The van der Waals surface area contributed by atoms with E-state index in [1.54, 1.807) is 0 Å². The van der Waals surface area contributed by atoms with Crippen molar-refractivity contribution in [3.8, 4) is 0 Å². The summed E-state index contributed by atoms with van der Waals surface area (Å²) < 4.78 is 32.8. The Bertz CT molecular complexity index is 1280. The molecule has 0 fully saturated rings. The Morgan fingerprint density at radius 1 is 0.463 bits per heavy atom. The van der Waals surface area contributed by atoms with Gasteiger partial charge in [-0.3, -0.25) is 18.6 Å². The average molecular weight is 962 g/mol. The number of hydrogen-bond donors (Lipinski definition) is 2. The van der Waals surface area contributed by atoms with Gasteiger partial charge in [0.2, 0.25) is 0 Å². The van der Waals surface area contributed by atoms with Gasteiger partial charge in [-0.1, -0.05) is 248 Å². The third kappa shape index (κ3) is 52.9. The van der Waals surface area contributed by atoms with Crippen molar-refractivity contribution in [2.75, 3.05) is 26.4 Å². The normalized spacial score (nSPS) is 13.6. The van der Waals surface area contributed by atoms with Gasteiger partial charge in [0.25, 0.3) is 0 Å². The smallest absolute Gasteiger partial charge is 0.462 e. The highest BCUT2D eigenvalue weighted by molar-refractivity contribution is 7.47. The molecule has 2 unspecified atom stereocenters. The fraction of sp³-hybridized carbons (Fsp3) is 0.789. The molecule has 0 saturated heterocycles. The number of hydrogen-bond acceptors (Lipinski definition) is 8. The summed E-state index contributed by atoms with van der Waals surface area (Å²) in [6.45, 7) is 3.62. The molecule has 2 atom stereocenters. The number of rotatable bonds is 52. The summed E-state index contributed by atoms with van der Waals surface area (Å²) in [7, 11) is -4.37. The molecular weight excluding hydrogens is 858 g/mol. The lowest BCUT2D eigenvalue weighted by molar-refractivity contribution is -0.161. The molecule has 390 valence electrons. The first kappa shape index (κ1) is 64.7. The predicted molar refractivity (Wildman–Crippen MR) is 284 cm³/mol. The standard InChI is InChI=1S/C57H104NO8P/c1-3-5-7-9-11-13-14-15-16-17-18-19-20-21-22-23-24-25-26-27-28-29-30-31-32-33-34-35-36-37-38-39-40-42-44-46-48-50-57(60)66-55(54-65-67(61,62)64-52-51-58)53-63-56(59)49-47-45-43-41-12-10-8-6-4-2/h5,7,11,13,15-16,18-19,21-22,55H,3-4,6,8-10,12,14,17,20,23-54,58H2,1-2H3,(H,61,62)/b7-5-,13-11-,16-15-,19-18-,22-21-. The van der Waals surface area contributed by atoms with E-state index in [2.05, 4.69) is 74.6 Å². The third-order valence-corrected chi connectivity index (χ3v) is 12.9. The lowest BCUT2D eigenvalue weighted by Crippen LogP contribution is -2.29. The number of phosphoric ester groups is 1. The Kier molecular flexibility index (Phi) is 51.3. The van der Waals surface area contributed by atoms with Crippen molar-refractivity contribution in [1.82, 2.24) is 0 Å². The van der Waals surface area contributed by atoms with E-state index in [1.165, 1.54) is 161 Å². The van der Waals surface area contributed by atoms with Crippen LogP contribution < -0.4 is 5.73 Å². The molecule has 0 amide bonds. The van der Waals surface area contributed by atoms with E-state index in [1.807, 2.05) is 0 Å². The summed E-state index contributed by atoms with van der Waals surface area (Å²) in [5.41, 5.74) is 5.36. The fourth-order valence-corrected chi connectivity index (χ4v) is 8.61. The number of unbranched alkanes of at least 4 members (excludes halogenated alkanes) is 29. The maximum absolute atomic E-state index is 12.6. The number of nitrogens with two attached hydrogens (primary N) is 1. The number of carbonyl (C=O) groups excluding carboxylic acids is 2. The number of allylic oxidation sites excluding steroid dienone is 10. The first-order valence-electron chi connectivity index (χ1n) is 27.8. The van der Waals surface area contributed by atoms with Crippen molar-refractivity contribution >= 4 is 19.8 Å². The third-order valence-electron chi connectivity index (χ3n) is 11.9. The van der Waals surface area contributed by atoms with Crippen molar-refractivity contribution in [2.24, 2.45) is 5.73 Å². The second kappa shape index (κ2) is 53.1. The van der Waals surface area contributed by atoms with Gasteiger partial charge in [0, 0.05) is 19.4 Å². The first-order chi connectivity index (χ1) is 32.8. The largest absolute Gasteiger partial charge is 0.472 e. The number of carbonyl (C=O) groups is 2. The average Bonchev–Trinajstić information content (AvgIpc) is 3.32. The topological polar surface area (TPSA) is 134 Å². The Balaban J connectivity index is 3.75. The fourth-order valence-electron chi connectivity index (χ4n) is 7.84. The highest BCUT2D eigenvalue weighted by atomic mass is 31.2. The van der Waals surface area contributed by atoms with E-state index >= 15 is 0 Å². The van der Waals surface area contributed by atoms with Gasteiger partial charge in [-0.25, -0.2) is 4.57 Å². The molecule has 0 aliphatic carbocycles. The van der Waals surface area contributed by atoms with Gasteiger partial charge in [-0.15, -0.1) is 0 Å². The molecule has 0 aromatic rings. The maximum atomic E-state index is 12.6. The van der Waals surface area contributed by atoms with Gasteiger partial charge in [-0.2, -0.15) is 0 Å². The van der Waals surface area contributed by atoms with Crippen LogP contribution in [0.5, 0.6) is 0 Å². The summed E-state index contributed by atoms with van der Waals surface area (Å²) in [4.78, 5) is 34.9. The molecule has 0 aromatic heterocycles. The zero-order chi connectivity index (χ0) is 48.8. The first-order valence-corrected chi connectivity index (χ1v) is 29.3. The number of ether oxygens (including phenoxy) is 2. The Morgan fingerprint density at radius 3 is 1.22 bits per heavy atom. The van der Waals surface area contributed by atoms with E-state index in [4.69, 9.17) is 24.3 Å². The Labute approximate surface area is 412 Å². The van der Waals surface area contributed by atoms with Crippen LogP contribution in [0.4, 0.5) is 0 Å². The van der Waals surface area contributed by atoms with Crippen molar-refractivity contribution < 1.29 is 37.6 Å². The van der Waals surface area contributed by atoms with E-state index in [9.17, 15) is 19.0 Å². The highest BCUT2D eigenvalue weighted by Crippen LogP contribution is 2.43. The predicted octanol–water partition coefficient (Wildman–Crippen LogP) is 17.2. The van der Waals surface area contributed by atoms with Crippen LogP contribution in [0.2, 0.25) is 0 Å².